The Bertz CT molecular complexity index is 615. The summed E-state index contributed by atoms with van der Waals surface area (Å²) < 4.78 is 25.8. The average molecular weight is 315 g/mol. The van der Waals surface area contributed by atoms with Crippen LogP contribution in [0.2, 0.25) is 0 Å². The minimum absolute atomic E-state index is 0.0948. The van der Waals surface area contributed by atoms with Crippen LogP contribution in [0.1, 0.15) is 16.8 Å². The SMILES string of the molecule is NCCNC(=O)c1ccccc1NS(=O)(=O)CCC(=O)O. The van der Waals surface area contributed by atoms with Gasteiger partial charge in [-0.15, -0.1) is 0 Å². The summed E-state index contributed by atoms with van der Waals surface area (Å²) in [5.41, 5.74) is 5.52. The van der Waals surface area contributed by atoms with Gasteiger partial charge in [0.05, 0.1) is 23.4 Å². The van der Waals surface area contributed by atoms with Crippen molar-refractivity contribution in [2.75, 3.05) is 23.6 Å². The van der Waals surface area contributed by atoms with Crippen LogP contribution in [0.4, 0.5) is 5.69 Å². The van der Waals surface area contributed by atoms with Crippen LogP contribution in [0.25, 0.3) is 0 Å². The van der Waals surface area contributed by atoms with Crippen molar-refractivity contribution in [2.45, 2.75) is 6.42 Å². The fourth-order valence-corrected chi connectivity index (χ4v) is 2.55. The van der Waals surface area contributed by atoms with Crippen LogP contribution in [0.5, 0.6) is 0 Å². The molecule has 0 heterocycles. The lowest BCUT2D eigenvalue weighted by molar-refractivity contribution is -0.136. The third-order valence-electron chi connectivity index (χ3n) is 2.45. The Labute approximate surface area is 122 Å². The third kappa shape index (κ3) is 5.79. The molecule has 0 fully saturated rings. The first-order chi connectivity index (χ1) is 9.85. The zero-order valence-corrected chi connectivity index (χ0v) is 12.0. The van der Waals surface area contributed by atoms with E-state index in [9.17, 15) is 18.0 Å². The fourth-order valence-electron chi connectivity index (χ4n) is 1.49. The quantitative estimate of drug-likeness (QED) is 0.514. The highest BCUT2D eigenvalue weighted by molar-refractivity contribution is 7.92. The maximum absolute atomic E-state index is 11.9. The van der Waals surface area contributed by atoms with Gasteiger partial charge in [0, 0.05) is 13.1 Å². The van der Waals surface area contributed by atoms with Gasteiger partial charge in [0.15, 0.2) is 0 Å². The first-order valence-electron chi connectivity index (χ1n) is 6.15. The van der Waals surface area contributed by atoms with E-state index in [-0.39, 0.29) is 24.3 Å². The molecule has 116 valence electrons. The number of aliphatic carboxylic acids is 1. The predicted octanol–water partition coefficient (Wildman–Crippen LogP) is -0.409. The van der Waals surface area contributed by atoms with E-state index in [1.54, 1.807) is 12.1 Å². The number of benzene rings is 1. The van der Waals surface area contributed by atoms with E-state index in [1.807, 2.05) is 0 Å². The summed E-state index contributed by atoms with van der Waals surface area (Å²) in [6.45, 7) is 0.525. The predicted molar refractivity (Wildman–Crippen MR) is 77.5 cm³/mol. The van der Waals surface area contributed by atoms with Gasteiger partial charge in [-0.05, 0) is 12.1 Å². The normalized spacial score (nSPS) is 10.9. The van der Waals surface area contributed by atoms with Crippen LogP contribution in [-0.4, -0.2) is 44.2 Å². The Hall–Kier alpha value is -2.13. The van der Waals surface area contributed by atoms with Crippen LogP contribution in [-0.2, 0) is 14.8 Å². The third-order valence-corrected chi connectivity index (χ3v) is 3.72. The summed E-state index contributed by atoms with van der Waals surface area (Å²) in [4.78, 5) is 22.3. The van der Waals surface area contributed by atoms with Crippen molar-refractivity contribution < 1.29 is 23.1 Å². The van der Waals surface area contributed by atoms with E-state index in [0.29, 0.717) is 0 Å². The molecule has 1 aromatic carbocycles. The molecule has 0 atom stereocenters. The summed E-state index contributed by atoms with van der Waals surface area (Å²) in [6, 6.07) is 6.04. The monoisotopic (exact) mass is 315 g/mol. The van der Waals surface area contributed by atoms with Gasteiger partial charge in [-0.25, -0.2) is 8.42 Å². The molecule has 8 nitrogen and oxygen atoms in total. The van der Waals surface area contributed by atoms with Crippen molar-refractivity contribution >= 4 is 27.6 Å². The highest BCUT2D eigenvalue weighted by Crippen LogP contribution is 2.16. The fraction of sp³-hybridized carbons (Fsp3) is 0.333. The van der Waals surface area contributed by atoms with Crippen molar-refractivity contribution in [1.82, 2.24) is 5.32 Å². The van der Waals surface area contributed by atoms with E-state index < -0.39 is 34.1 Å². The molecule has 9 heteroatoms. The summed E-state index contributed by atoms with van der Waals surface area (Å²) in [6.07, 6.45) is -0.517. The lowest BCUT2D eigenvalue weighted by Gasteiger charge is -2.12. The summed E-state index contributed by atoms with van der Waals surface area (Å²) in [5, 5.41) is 11.0. The lowest BCUT2D eigenvalue weighted by atomic mass is 10.1. The molecule has 21 heavy (non-hydrogen) atoms. The number of sulfonamides is 1. The van der Waals surface area contributed by atoms with Crippen molar-refractivity contribution in [3.05, 3.63) is 29.8 Å². The Kier molecular flexibility index (Phi) is 6.12. The summed E-state index contributed by atoms with van der Waals surface area (Å²) in [7, 11) is -3.84. The maximum atomic E-state index is 11.9. The number of hydrogen-bond donors (Lipinski definition) is 4. The molecule has 0 bridgehead atoms. The second kappa shape index (κ2) is 7.60. The molecule has 0 aromatic heterocycles. The molecule has 1 amide bonds. The van der Waals surface area contributed by atoms with E-state index >= 15 is 0 Å². The van der Waals surface area contributed by atoms with E-state index in [0.717, 1.165) is 0 Å². The molecule has 1 rings (SSSR count). The first kappa shape index (κ1) is 16.9. The van der Waals surface area contributed by atoms with E-state index in [4.69, 9.17) is 10.8 Å². The molecule has 0 radical (unpaired) electrons. The molecule has 0 aliphatic carbocycles. The standard InChI is InChI=1S/C12H17N3O5S/c13-6-7-14-12(18)9-3-1-2-4-10(9)15-21(19,20)8-5-11(16)17/h1-4,15H,5-8,13H2,(H,14,18)(H,16,17). The molecule has 0 saturated carbocycles. The van der Waals surface area contributed by atoms with Crippen molar-refractivity contribution in [1.29, 1.82) is 0 Å². The van der Waals surface area contributed by atoms with Crippen molar-refractivity contribution in [2.24, 2.45) is 5.73 Å². The molecule has 5 N–H and O–H groups in total. The number of nitrogens with one attached hydrogen (secondary N) is 2. The number of carbonyl (C=O) groups is 2. The number of carboxylic acid groups (broad SMARTS) is 1. The van der Waals surface area contributed by atoms with Crippen molar-refractivity contribution in [3.63, 3.8) is 0 Å². The molecule has 0 spiro atoms. The van der Waals surface area contributed by atoms with Gasteiger partial charge in [0.2, 0.25) is 10.0 Å². The second-order valence-electron chi connectivity index (χ2n) is 4.15. The summed E-state index contributed by atoms with van der Waals surface area (Å²) in [5.74, 6) is -2.24. The Morgan fingerprint density at radius 2 is 1.90 bits per heavy atom. The van der Waals surface area contributed by atoms with Gasteiger partial charge in [-0.2, -0.15) is 0 Å². The molecular weight excluding hydrogens is 298 g/mol. The number of carboxylic acids is 1. The lowest BCUT2D eigenvalue weighted by Crippen LogP contribution is -2.30. The van der Waals surface area contributed by atoms with Crippen LogP contribution < -0.4 is 15.8 Å². The van der Waals surface area contributed by atoms with Gasteiger partial charge in [-0.3, -0.25) is 14.3 Å². The van der Waals surface area contributed by atoms with Gasteiger partial charge in [0.25, 0.3) is 5.91 Å². The Balaban J connectivity index is 2.88. The van der Waals surface area contributed by atoms with Crippen LogP contribution >= 0.6 is 0 Å². The first-order valence-corrected chi connectivity index (χ1v) is 7.80. The highest BCUT2D eigenvalue weighted by atomic mass is 32.2. The van der Waals surface area contributed by atoms with Crippen molar-refractivity contribution in [3.8, 4) is 0 Å². The Morgan fingerprint density at radius 1 is 1.24 bits per heavy atom. The number of amides is 1. The maximum Gasteiger partial charge on any atom is 0.304 e. The van der Waals surface area contributed by atoms with Crippen LogP contribution in [0, 0.1) is 0 Å². The number of nitrogens with two attached hydrogens (primary N) is 1. The van der Waals surface area contributed by atoms with Gasteiger partial charge in [-0.1, -0.05) is 12.1 Å². The van der Waals surface area contributed by atoms with Crippen LogP contribution in [0.3, 0.4) is 0 Å². The second-order valence-corrected chi connectivity index (χ2v) is 6.00. The molecule has 0 saturated heterocycles. The van der Waals surface area contributed by atoms with Gasteiger partial charge in [0.1, 0.15) is 0 Å². The van der Waals surface area contributed by atoms with Crippen LogP contribution in [0.15, 0.2) is 24.3 Å². The van der Waals surface area contributed by atoms with E-state index in [1.165, 1.54) is 12.1 Å². The molecular formula is C12H17N3O5S. The number of para-hydroxylation sites is 1. The highest BCUT2D eigenvalue weighted by Gasteiger charge is 2.17. The summed E-state index contributed by atoms with van der Waals surface area (Å²) >= 11 is 0. The topological polar surface area (TPSA) is 139 Å². The molecule has 1 aromatic rings. The van der Waals surface area contributed by atoms with E-state index in [2.05, 4.69) is 10.0 Å². The minimum atomic E-state index is -3.84. The number of carbonyl (C=O) groups excluding carboxylic acids is 1. The van der Waals surface area contributed by atoms with Gasteiger partial charge >= 0.3 is 5.97 Å². The number of anilines is 1. The minimum Gasteiger partial charge on any atom is -0.481 e. The molecule has 0 aliphatic heterocycles. The number of rotatable bonds is 8. The largest absolute Gasteiger partial charge is 0.481 e. The molecule has 0 aliphatic rings. The Morgan fingerprint density at radius 3 is 2.52 bits per heavy atom. The number of hydrogen-bond acceptors (Lipinski definition) is 5. The zero-order chi connectivity index (χ0) is 15.9. The van der Waals surface area contributed by atoms with Gasteiger partial charge < -0.3 is 16.2 Å². The zero-order valence-electron chi connectivity index (χ0n) is 11.2. The smallest absolute Gasteiger partial charge is 0.304 e. The average Bonchev–Trinajstić information content (AvgIpc) is 2.43. The molecule has 0 unspecified atom stereocenters.